The molecule has 4 heteroatoms. The van der Waals surface area contributed by atoms with E-state index in [1.54, 1.807) is 6.07 Å². The summed E-state index contributed by atoms with van der Waals surface area (Å²) in [6.07, 6.45) is 1.59. The highest BCUT2D eigenvalue weighted by atomic mass is 16.5. The Balaban J connectivity index is 1.75. The third-order valence-corrected chi connectivity index (χ3v) is 6.08. The Morgan fingerprint density at radius 3 is 2.50 bits per heavy atom. The molecule has 1 N–H and O–H groups in total. The van der Waals surface area contributed by atoms with Crippen LogP contribution < -0.4 is 4.74 Å². The second-order valence-electron chi connectivity index (χ2n) is 8.00. The summed E-state index contributed by atoms with van der Waals surface area (Å²) in [4.78, 5) is 25.5. The van der Waals surface area contributed by atoms with Crippen molar-refractivity contribution in [3.63, 3.8) is 0 Å². The van der Waals surface area contributed by atoms with Gasteiger partial charge < -0.3 is 9.84 Å². The van der Waals surface area contributed by atoms with Crippen LogP contribution in [0.1, 0.15) is 70.9 Å². The van der Waals surface area contributed by atoms with Gasteiger partial charge in [0.25, 0.3) is 0 Å². The summed E-state index contributed by atoms with van der Waals surface area (Å²) in [5, 5.41) is 9.25. The molecule has 0 saturated heterocycles. The van der Waals surface area contributed by atoms with Crippen LogP contribution in [0.15, 0.2) is 42.5 Å². The molecule has 146 valence electrons. The summed E-state index contributed by atoms with van der Waals surface area (Å²) < 4.78 is 6.13. The first-order valence-corrected chi connectivity index (χ1v) is 10.1. The second-order valence-corrected chi connectivity index (χ2v) is 8.00. The van der Waals surface area contributed by atoms with E-state index < -0.39 is 0 Å². The van der Waals surface area contributed by atoms with E-state index in [2.05, 4.69) is 12.1 Å². The lowest BCUT2D eigenvalue weighted by molar-refractivity contribution is 0.0972. The van der Waals surface area contributed by atoms with Crippen LogP contribution in [-0.2, 0) is 0 Å². The zero-order valence-electron chi connectivity index (χ0n) is 16.4. The van der Waals surface area contributed by atoms with Crippen molar-refractivity contribution in [3.8, 4) is 5.75 Å². The van der Waals surface area contributed by atoms with Crippen LogP contribution in [0.4, 0.5) is 0 Å². The van der Waals surface area contributed by atoms with Crippen LogP contribution in [0.5, 0.6) is 5.75 Å². The van der Waals surface area contributed by atoms with Crippen molar-refractivity contribution >= 4 is 11.6 Å². The van der Waals surface area contributed by atoms with E-state index in [-0.39, 0.29) is 42.0 Å². The lowest BCUT2D eigenvalue weighted by Crippen LogP contribution is -2.15. The average molecular weight is 378 g/mol. The van der Waals surface area contributed by atoms with Gasteiger partial charge in [-0.05, 0) is 42.9 Å². The standard InChI is InChI=1S/C24H26O4/c1-3-21(26)19-10-17(22(27)12-16-9-18(16)13-25)11-20-23(14(2)28-24(19)20)15-7-5-4-6-8-15/h4-8,10-11,14,16,18,23,25H,3,9,12-13H2,1-2H3/t14-,16+,18+,23+/m1/s1. The zero-order valence-corrected chi connectivity index (χ0v) is 16.4. The molecule has 0 spiro atoms. The second kappa shape index (κ2) is 7.51. The van der Waals surface area contributed by atoms with Gasteiger partial charge in [-0.15, -0.1) is 0 Å². The van der Waals surface area contributed by atoms with Crippen molar-refractivity contribution in [1.29, 1.82) is 0 Å². The molecular formula is C24H26O4. The largest absolute Gasteiger partial charge is 0.489 e. The minimum atomic E-state index is -0.103. The molecule has 1 aliphatic carbocycles. The van der Waals surface area contributed by atoms with Crippen LogP contribution in [-0.4, -0.2) is 29.4 Å². The van der Waals surface area contributed by atoms with E-state index in [1.807, 2.05) is 38.1 Å². The molecule has 1 saturated carbocycles. The number of hydrogen-bond donors (Lipinski definition) is 1. The average Bonchev–Trinajstić information content (AvgIpc) is 3.38. The monoisotopic (exact) mass is 378 g/mol. The SMILES string of the molecule is CCC(=O)c1cc(C(=O)C[C@@H]2C[C@H]2CO)cc2c1O[C@H](C)[C@H]2c1ccccc1. The van der Waals surface area contributed by atoms with Crippen molar-refractivity contribution in [3.05, 3.63) is 64.7 Å². The van der Waals surface area contributed by atoms with Crippen LogP contribution in [0, 0.1) is 11.8 Å². The van der Waals surface area contributed by atoms with E-state index in [9.17, 15) is 14.7 Å². The molecule has 2 aliphatic rings. The molecule has 2 aromatic carbocycles. The third-order valence-electron chi connectivity index (χ3n) is 6.08. The highest BCUT2D eigenvalue weighted by Crippen LogP contribution is 2.46. The van der Waals surface area contributed by atoms with Crippen molar-refractivity contribution in [2.24, 2.45) is 11.8 Å². The topological polar surface area (TPSA) is 63.6 Å². The minimum Gasteiger partial charge on any atom is -0.489 e. The van der Waals surface area contributed by atoms with Crippen LogP contribution >= 0.6 is 0 Å². The Morgan fingerprint density at radius 2 is 1.86 bits per heavy atom. The molecule has 4 nitrogen and oxygen atoms in total. The molecule has 0 radical (unpaired) electrons. The Hall–Kier alpha value is -2.46. The molecule has 0 unspecified atom stereocenters. The van der Waals surface area contributed by atoms with E-state index in [1.165, 1.54) is 0 Å². The Labute approximate surface area is 165 Å². The summed E-state index contributed by atoms with van der Waals surface area (Å²) in [5.41, 5.74) is 3.15. The number of rotatable bonds is 7. The van der Waals surface area contributed by atoms with Crippen LogP contribution in [0.2, 0.25) is 0 Å². The number of Topliss-reactive ketones (excluding diaryl/α,β-unsaturated/α-hetero) is 2. The maximum atomic E-state index is 12.9. The quantitative estimate of drug-likeness (QED) is 0.726. The Bertz CT molecular complexity index is 902. The van der Waals surface area contributed by atoms with Crippen molar-refractivity contribution in [2.45, 2.75) is 45.1 Å². The van der Waals surface area contributed by atoms with E-state index in [4.69, 9.17) is 4.74 Å². The normalized spacial score (nSPS) is 25.1. The molecular weight excluding hydrogens is 352 g/mol. The number of carbonyl (C=O) groups is 2. The Kier molecular flexibility index (Phi) is 5.07. The number of aliphatic hydroxyl groups is 1. The fourth-order valence-electron chi connectivity index (χ4n) is 4.33. The zero-order chi connectivity index (χ0) is 19.8. The van der Waals surface area contributed by atoms with Gasteiger partial charge in [0.15, 0.2) is 11.6 Å². The number of ketones is 2. The van der Waals surface area contributed by atoms with Crippen LogP contribution in [0.3, 0.4) is 0 Å². The smallest absolute Gasteiger partial charge is 0.166 e. The lowest BCUT2D eigenvalue weighted by atomic mass is 9.85. The molecule has 28 heavy (non-hydrogen) atoms. The number of ether oxygens (including phenoxy) is 1. The van der Waals surface area contributed by atoms with E-state index >= 15 is 0 Å². The molecule has 1 fully saturated rings. The summed E-state index contributed by atoms with van der Waals surface area (Å²) >= 11 is 0. The highest BCUT2D eigenvalue weighted by Gasteiger charge is 2.39. The van der Waals surface area contributed by atoms with Gasteiger partial charge in [0, 0.05) is 36.5 Å². The number of aliphatic hydroxyl groups excluding tert-OH is 1. The first-order chi connectivity index (χ1) is 13.5. The first kappa shape index (κ1) is 18.9. The fourth-order valence-corrected chi connectivity index (χ4v) is 4.33. The molecule has 4 rings (SSSR count). The molecule has 4 atom stereocenters. The molecule has 1 aliphatic heterocycles. The summed E-state index contributed by atoms with van der Waals surface area (Å²) in [5.74, 6) is 1.17. The van der Waals surface area contributed by atoms with Gasteiger partial charge in [0.1, 0.15) is 11.9 Å². The number of carbonyl (C=O) groups excluding carboxylic acids is 2. The van der Waals surface area contributed by atoms with Gasteiger partial charge in [-0.3, -0.25) is 9.59 Å². The van der Waals surface area contributed by atoms with Crippen molar-refractivity contribution in [2.75, 3.05) is 6.61 Å². The number of hydrogen-bond acceptors (Lipinski definition) is 4. The van der Waals surface area contributed by atoms with E-state index in [0.717, 1.165) is 17.5 Å². The Morgan fingerprint density at radius 1 is 1.11 bits per heavy atom. The summed E-state index contributed by atoms with van der Waals surface area (Å²) in [6, 6.07) is 13.7. The molecule has 0 bridgehead atoms. The molecule has 0 amide bonds. The predicted molar refractivity (Wildman–Crippen MR) is 107 cm³/mol. The first-order valence-electron chi connectivity index (χ1n) is 10.1. The number of benzene rings is 2. The molecule has 2 aromatic rings. The van der Waals surface area contributed by atoms with Crippen molar-refractivity contribution < 1.29 is 19.4 Å². The number of fused-ring (bicyclic) bond motifs is 1. The molecule has 1 heterocycles. The van der Waals surface area contributed by atoms with Crippen molar-refractivity contribution in [1.82, 2.24) is 0 Å². The van der Waals surface area contributed by atoms with Crippen LogP contribution in [0.25, 0.3) is 0 Å². The lowest BCUT2D eigenvalue weighted by Gasteiger charge is -2.15. The summed E-state index contributed by atoms with van der Waals surface area (Å²) in [6.45, 7) is 3.98. The van der Waals surface area contributed by atoms with Gasteiger partial charge in [0.2, 0.25) is 0 Å². The fraction of sp³-hybridized carbons (Fsp3) is 0.417. The highest BCUT2D eigenvalue weighted by molar-refractivity contribution is 6.04. The predicted octanol–water partition coefficient (Wildman–Crippen LogP) is 4.39. The minimum absolute atomic E-state index is 0.00142. The maximum absolute atomic E-state index is 12.9. The molecule has 0 aromatic heterocycles. The van der Waals surface area contributed by atoms with Gasteiger partial charge in [-0.25, -0.2) is 0 Å². The van der Waals surface area contributed by atoms with Gasteiger partial charge in [-0.1, -0.05) is 37.3 Å². The van der Waals surface area contributed by atoms with E-state index in [0.29, 0.717) is 29.7 Å². The summed E-state index contributed by atoms with van der Waals surface area (Å²) in [7, 11) is 0. The van der Waals surface area contributed by atoms with Gasteiger partial charge in [-0.2, -0.15) is 0 Å². The van der Waals surface area contributed by atoms with Gasteiger partial charge in [0.05, 0.1) is 5.56 Å². The third kappa shape index (κ3) is 3.37. The maximum Gasteiger partial charge on any atom is 0.166 e. The van der Waals surface area contributed by atoms with Gasteiger partial charge >= 0.3 is 0 Å².